The number of nitrogens with zero attached hydrogens (tertiary/aromatic N) is 1. The van der Waals surface area contributed by atoms with Gasteiger partial charge in [0.1, 0.15) is 0 Å². The monoisotopic (exact) mass is 603 g/mol. The predicted octanol–water partition coefficient (Wildman–Crippen LogP) is 12.1. The molecule has 9 rings (SSSR count). The van der Waals surface area contributed by atoms with Crippen molar-refractivity contribution >= 4 is 39.2 Å². The Kier molecular flexibility index (Phi) is 6.44. The van der Waals surface area contributed by atoms with E-state index >= 15 is 0 Å². The van der Waals surface area contributed by atoms with E-state index in [0.29, 0.717) is 0 Å². The zero-order chi connectivity index (χ0) is 30.5. The molecule has 0 saturated carbocycles. The van der Waals surface area contributed by atoms with Crippen molar-refractivity contribution in [1.82, 2.24) is 4.57 Å². The molecule has 0 N–H and O–H groups in total. The van der Waals surface area contributed by atoms with Crippen molar-refractivity contribution in [2.45, 2.75) is 12.8 Å². The number of thiophene rings is 1. The first-order valence-electron chi connectivity index (χ1n) is 15.8. The van der Waals surface area contributed by atoms with E-state index in [9.17, 15) is 0 Å². The molecule has 0 saturated heterocycles. The number of benzene rings is 5. The first-order chi connectivity index (χ1) is 22.8. The fraction of sp³-hybridized carbons (Fsp3) is 0.0455. The molecule has 0 unspecified atom stereocenters. The van der Waals surface area contributed by atoms with E-state index in [1.165, 1.54) is 70.5 Å². The molecule has 2 heteroatoms. The minimum Gasteiger partial charge on any atom is -0.309 e. The molecule has 1 aliphatic rings. The van der Waals surface area contributed by atoms with Gasteiger partial charge in [-0.1, -0.05) is 121 Å². The summed E-state index contributed by atoms with van der Waals surface area (Å²) in [6, 6.07) is 56.9. The summed E-state index contributed by atoms with van der Waals surface area (Å²) in [6.07, 6.45) is 6.76. The molecular weight excluding hydrogens is 575 g/mol. The lowest BCUT2D eigenvalue weighted by Gasteiger charge is -2.15. The molecule has 0 bridgehead atoms. The third-order valence-electron chi connectivity index (χ3n) is 9.15. The molecule has 2 aromatic heterocycles. The summed E-state index contributed by atoms with van der Waals surface area (Å²) in [5.41, 5.74) is 13.6. The third-order valence-corrected chi connectivity index (χ3v) is 10.5. The van der Waals surface area contributed by atoms with Crippen LogP contribution >= 0.6 is 11.3 Å². The molecule has 0 radical (unpaired) electrons. The van der Waals surface area contributed by atoms with Crippen LogP contribution in [0.25, 0.3) is 76.7 Å². The molecular formula is C44H29NS. The van der Waals surface area contributed by atoms with Crippen molar-refractivity contribution < 1.29 is 0 Å². The van der Waals surface area contributed by atoms with Gasteiger partial charge in [-0.25, -0.2) is 0 Å². The second-order valence-corrected chi connectivity index (χ2v) is 12.9. The van der Waals surface area contributed by atoms with Gasteiger partial charge in [-0.2, -0.15) is 0 Å². The Morgan fingerprint density at radius 3 is 2.11 bits per heavy atom. The summed E-state index contributed by atoms with van der Waals surface area (Å²) in [5, 5.41) is 2.54. The predicted molar refractivity (Wildman–Crippen MR) is 195 cm³/mol. The average molecular weight is 604 g/mol. The molecule has 0 aliphatic heterocycles. The molecule has 0 amide bonds. The highest BCUT2D eigenvalue weighted by Crippen LogP contribution is 2.48. The fourth-order valence-electron chi connectivity index (χ4n) is 7.04. The topological polar surface area (TPSA) is 4.93 Å². The Balaban J connectivity index is 1.29. The lowest BCUT2D eigenvalue weighted by atomic mass is 9.91. The summed E-state index contributed by atoms with van der Waals surface area (Å²) in [6.45, 7) is 0. The molecule has 216 valence electrons. The van der Waals surface area contributed by atoms with Crippen LogP contribution in [0.2, 0.25) is 0 Å². The van der Waals surface area contributed by atoms with E-state index in [2.05, 4.69) is 162 Å². The SMILES string of the molecule is c1cccc(-c2ccc(-n3c4ccccc4c4ccccc43)cc2-c2sc(-c3cccc(-c4ccccc4)c3)c3c2CCC=C3)c#1. The summed E-state index contributed by atoms with van der Waals surface area (Å²) in [7, 11) is 0. The Morgan fingerprint density at radius 1 is 0.587 bits per heavy atom. The van der Waals surface area contributed by atoms with Crippen molar-refractivity contribution in [2.75, 3.05) is 0 Å². The van der Waals surface area contributed by atoms with E-state index in [1.807, 2.05) is 17.4 Å². The van der Waals surface area contributed by atoms with Gasteiger partial charge in [-0.15, -0.1) is 11.3 Å². The van der Waals surface area contributed by atoms with Crippen molar-refractivity contribution in [3.63, 3.8) is 0 Å². The van der Waals surface area contributed by atoms with Crippen LogP contribution in [0.15, 0.2) is 146 Å². The summed E-state index contributed by atoms with van der Waals surface area (Å²) >= 11 is 1.92. The highest BCUT2D eigenvalue weighted by molar-refractivity contribution is 7.19. The zero-order valence-electron chi connectivity index (χ0n) is 25.2. The lowest BCUT2D eigenvalue weighted by Crippen LogP contribution is -1.97. The summed E-state index contributed by atoms with van der Waals surface area (Å²) in [4.78, 5) is 2.67. The maximum Gasteiger partial charge on any atom is 0.0541 e. The Hall–Kier alpha value is -5.62. The minimum atomic E-state index is 1.03. The van der Waals surface area contributed by atoms with Crippen molar-refractivity contribution in [3.05, 3.63) is 169 Å². The van der Waals surface area contributed by atoms with Gasteiger partial charge in [0.25, 0.3) is 0 Å². The third kappa shape index (κ3) is 4.40. The van der Waals surface area contributed by atoms with Gasteiger partial charge in [-0.05, 0) is 88.7 Å². The van der Waals surface area contributed by atoms with Gasteiger partial charge in [0.15, 0.2) is 0 Å². The highest BCUT2D eigenvalue weighted by atomic mass is 32.1. The molecule has 1 nitrogen and oxygen atoms in total. The number of fused-ring (bicyclic) bond motifs is 4. The number of para-hydroxylation sites is 2. The van der Waals surface area contributed by atoms with Gasteiger partial charge >= 0.3 is 0 Å². The number of hydrogen-bond acceptors (Lipinski definition) is 1. The van der Waals surface area contributed by atoms with Crippen LogP contribution in [0.3, 0.4) is 0 Å². The van der Waals surface area contributed by atoms with Gasteiger partial charge in [0.2, 0.25) is 0 Å². The second kappa shape index (κ2) is 11.1. The van der Waals surface area contributed by atoms with Gasteiger partial charge in [0, 0.05) is 37.3 Å². The van der Waals surface area contributed by atoms with Crippen molar-refractivity contribution in [2.24, 2.45) is 0 Å². The quantitative estimate of drug-likeness (QED) is 0.184. The van der Waals surface area contributed by atoms with E-state index in [4.69, 9.17) is 0 Å². The fourth-order valence-corrected chi connectivity index (χ4v) is 8.40. The Labute approximate surface area is 273 Å². The van der Waals surface area contributed by atoms with E-state index in [-0.39, 0.29) is 0 Å². The van der Waals surface area contributed by atoms with Gasteiger partial charge < -0.3 is 4.57 Å². The molecule has 46 heavy (non-hydrogen) atoms. The Morgan fingerprint density at radius 2 is 1.33 bits per heavy atom. The van der Waals surface area contributed by atoms with E-state index in [0.717, 1.165) is 24.1 Å². The largest absolute Gasteiger partial charge is 0.309 e. The molecule has 0 fully saturated rings. The molecule has 0 spiro atoms. The van der Waals surface area contributed by atoms with Crippen LogP contribution in [0, 0.1) is 12.1 Å². The van der Waals surface area contributed by atoms with E-state index < -0.39 is 0 Å². The summed E-state index contributed by atoms with van der Waals surface area (Å²) in [5.74, 6) is 0. The number of rotatable bonds is 5. The molecule has 1 aliphatic carbocycles. The number of aromatic nitrogens is 1. The Bertz CT molecular complexity index is 2350. The van der Waals surface area contributed by atoms with Crippen LogP contribution < -0.4 is 0 Å². The highest BCUT2D eigenvalue weighted by Gasteiger charge is 2.24. The lowest BCUT2D eigenvalue weighted by molar-refractivity contribution is 0.996. The van der Waals surface area contributed by atoms with Crippen molar-refractivity contribution in [3.8, 4) is 48.8 Å². The second-order valence-electron chi connectivity index (χ2n) is 11.8. The number of hydrogen-bond donors (Lipinski definition) is 0. The van der Waals surface area contributed by atoms with E-state index in [1.54, 1.807) is 0 Å². The first-order valence-corrected chi connectivity index (χ1v) is 16.6. The standard InChI is InChI=1S/C44H29NS/c1-3-14-30(15-4-1)32-18-13-19-33(28-32)43-38-22-7-8-23-39(38)44(46-43)40-29-34(26-27-35(40)31-16-5-2-6-17-31)45-41-24-11-9-20-36(41)37-21-10-12-25-42(37)45/h1-5,7,9-16,18-22,24-29H,8,23H2. The summed E-state index contributed by atoms with van der Waals surface area (Å²) < 4.78 is 2.42. The van der Waals surface area contributed by atoms with Gasteiger partial charge in [0.05, 0.1) is 11.0 Å². The van der Waals surface area contributed by atoms with Crippen molar-refractivity contribution in [1.29, 1.82) is 0 Å². The normalized spacial score (nSPS) is 12.3. The zero-order valence-corrected chi connectivity index (χ0v) is 26.0. The van der Waals surface area contributed by atoms with Crippen LogP contribution in [0.1, 0.15) is 17.5 Å². The number of allylic oxidation sites excluding steroid dienone is 1. The minimum absolute atomic E-state index is 1.03. The molecule has 0 atom stereocenters. The molecule has 6 aromatic carbocycles. The molecule has 8 aromatic rings. The van der Waals surface area contributed by atoms with Crippen LogP contribution in [-0.4, -0.2) is 4.57 Å². The smallest absolute Gasteiger partial charge is 0.0541 e. The van der Waals surface area contributed by atoms with Crippen LogP contribution in [0.4, 0.5) is 0 Å². The first kappa shape index (κ1) is 26.8. The van der Waals surface area contributed by atoms with Gasteiger partial charge in [-0.3, -0.25) is 0 Å². The molecule has 2 heterocycles. The van der Waals surface area contributed by atoms with Crippen LogP contribution in [-0.2, 0) is 6.42 Å². The maximum atomic E-state index is 3.41. The average Bonchev–Trinajstić information content (AvgIpc) is 3.69. The maximum absolute atomic E-state index is 3.41. The van der Waals surface area contributed by atoms with Crippen LogP contribution in [0.5, 0.6) is 0 Å².